The van der Waals surface area contributed by atoms with Crippen LogP contribution >= 0.6 is 0 Å². The monoisotopic (exact) mass is 354 g/mol. The highest BCUT2D eigenvalue weighted by atomic mass is 16.6. The normalized spacial score (nSPS) is 56.4. The molecular weight excluding hydrogens is 332 g/mol. The first-order valence-electron chi connectivity index (χ1n) is 8.34. The van der Waals surface area contributed by atoms with Crippen molar-refractivity contribution in [2.75, 3.05) is 0 Å². The molecule has 0 aromatic carbocycles. The van der Waals surface area contributed by atoms with Gasteiger partial charge in [0, 0.05) is 18.4 Å². The second kappa shape index (κ2) is 4.62. The fourth-order valence-electron chi connectivity index (χ4n) is 5.20. The van der Waals surface area contributed by atoms with Crippen LogP contribution in [0.15, 0.2) is 12.2 Å². The second-order valence-electron chi connectivity index (χ2n) is 7.95. The van der Waals surface area contributed by atoms with E-state index >= 15 is 0 Å². The van der Waals surface area contributed by atoms with Crippen molar-refractivity contribution in [1.82, 2.24) is 0 Å². The largest absolute Gasteiger partial charge is 0.459 e. The minimum absolute atomic E-state index is 0.0497. The van der Waals surface area contributed by atoms with Crippen LogP contribution in [-0.2, 0) is 23.8 Å². The van der Waals surface area contributed by atoms with Gasteiger partial charge in [-0.3, -0.25) is 4.79 Å². The van der Waals surface area contributed by atoms with Crippen LogP contribution in [0.3, 0.4) is 0 Å². The summed E-state index contributed by atoms with van der Waals surface area (Å²) >= 11 is 0. The number of ether oxygens (including phenoxy) is 3. The zero-order chi connectivity index (χ0) is 18.5. The first kappa shape index (κ1) is 17.0. The zero-order valence-corrected chi connectivity index (χ0v) is 14.3. The Hall–Kier alpha value is -1.48. The molecule has 2 aliphatic carbocycles. The van der Waals surface area contributed by atoms with E-state index in [1.165, 1.54) is 13.8 Å². The van der Waals surface area contributed by atoms with Gasteiger partial charge in [-0.05, 0) is 20.3 Å². The van der Waals surface area contributed by atoms with E-state index in [-0.39, 0.29) is 12.0 Å². The third-order valence-corrected chi connectivity index (χ3v) is 6.61. The van der Waals surface area contributed by atoms with Crippen LogP contribution in [0.25, 0.3) is 0 Å². The van der Waals surface area contributed by atoms with E-state index in [9.17, 15) is 24.9 Å². The Bertz CT molecular complexity index is 686. The summed E-state index contributed by atoms with van der Waals surface area (Å²) in [6.45, 7) is 7.99. The van der Waals surface area contributed by atoms with Crippen molar-refractivity contribution < 1.29 is 39.1 Å². The molecule has 0 radical (unpaired) electrons. The lowest BCUT2D eigenvalue weighted by Crippen LogP contribution is -2.69. The molecule has 2 heterocycles. The third-order valence-electron chi connectivity index (χ3n) is 6.61. The highest BCUT2D eigenvalue weighted by Crippen LogP contribution is 2.66. The number of aliphatic hydroxyl groups is 3. The topological polar surface area (TPSA) is 126 Å². The molecule has 0 unspecified atom stereocenters. The summed E-state index contributed by atoms with van der Waals surface area (Å²) < 4.78 is 16.3. The van der Waals surface area contributed by atoms with E-state index in [1.807, 2.05) is 0 Å². The molecular formula is C17H22O8. The fraction of sp³-hybridized carbons (Fsp3) is 0.765. The average Bonchev–Trinajstić information content (AvgIpc) is 3.07. The Morgan fingerprint density at radius 3 is 2.60 bits per heavy atom. The summed E-state index contributed by atoms with van der Waals surface area (Å²) in [7, 11) is 0. The van der Waals surface area contributed by atoms with Crippen molar-refractivity contribution in [2.45, 2.75) is 68.4 Å². The SMILES string of the molecule is C=C1C(=O)O[C@H]2[C@H]1C[C@H](OC(C)=O)[C@](C)(O)[C@@]1(O)[C@@H](O)[C@H]3O[C@@]3(C)[C@H]21. The molecule has 4 rings (SSSR count). The molecule has 4 aliphatic rings. The molecule has 8 nitrogen and oxygen atoms in total. The summed E-state index contributed by atoms with van der Waals surface area (Å²) in [4.78, 5) is 23.6. The van der Waals surface area contributed by atoms with Gasteiger partial charge in [0.25, 0.3) is 0 Å². The molecule has 0 amide bonds. The van der Waals surface area contributed by atoms with E-state index < -0.39 is 65.0 Å². The highest BCUT2D eigenvalue weighted by Gasteiger charge is 2.85. The van der Waals surface area contributed by atoms with E-state index in [1.54, 1.807) is 6.92 Å². The maximum absolute atomic E-state index is 12.1. The second-order valence-corrected chi connectivity index (χ2v) is 7.95. The number of hydrogen-bond acceptors (Lipinski definition) is 8. The first-order chi connectivity index (χ1) is 11.5. The van der Waals surface area contributed by atoms with Crippen LogP contribution in [0.5, 0.6) is 0 Å². The number of fused-ring (bicyclic) bond motifs is 5. The van der Waals surface area contributed by atoms with Crippen LogP contribution in [0.4, 0.5) is 0 Å². The van der Waals surface area contributed by atoms with Crippen LogP contribution in [-0.4, -0.2) is 68.5 Å². The predicted octanol–water partition coefficient (Wildman–Crippen LogP) is -0.950. The molecule has 3 N–H and O–H groups in total. The average molecular weight is 354 g/mol. The van der Waals surface area contributed by atoms with E-state index in [4.69, 9.17) is 14.2 Å². The van der Waals surface area contributed by atoms with Crippen molar-refractivity contribution in [3.05, 3.63) is 12.2 Å². The fourth-order valence-corrected chi connectivity index (χ4v) is 5.20. The number of rotatable bonds is 1. The van der Waals surface area contributed by atoms with Gasteiger partial charge in [-0.25, -0.2) is 4.79 Å². The van der Waals surface area contributed by atoms with Gasteiger partial charge in [-0.2, -0.15) is 0 Å². The quantitative estimate of drug-likeness (QED) is 0.313. The Balaban J connectivity index is 1.88. The molecule has 0 aromatic heterocycles. The summed E-state index contributed by atoms with van der Waals surface area (Å²) in [5, 5.41) is 33.4. The smallest absolute Gasteiger partial charge is 0.334 e. The van der Waals surface area contributed by atoms with Gasteiger partial charge in [-0.1, -0.05) is 6.58 Å². The molecule has 8 heteroatoms. The maximum Gasteiger partial charge on any atom is 0.334 e. The van der Waals surface area contributed by atoms with Crippen LogP contribution < -0.4 is 0 Å². The van der Waals surface area contributed by atoms with Crippen molar-refractivity contribution in [2.24, 2.45) is 11.8 Å². The van der Waals surface area contributed by atoms with Gasteiger partial charge >= 0.3 is 11.9 Å². The van der Waals surface area contributed by atoms with Gasteiger partial charge in [0.15, 0.2) is 0 Å². The predicted molar refractivity (Wildman–Crippen MR) is 81.0 cm³/mol. The number of carbonyl (C=O) groups excluding carboxylic acids is 2. The Morgan fingerprint density at radius 1 is 1.36 bits per heavy atom. The van der Waals surface area contributed by atoms with Gasteiger partial charge < -0.3 is 29.5 Å². The van der Waals surface area contributed by atoms with Crippen LogP contribution in [0.1, 0.15) is 27.2 Å². The van der Waals surface area contributed by atoms with Crippen LogP contribution in [0.2, 0.25) is 0 Å². The maximum atomic E-state index is 12.1. The van der Waals surface area contributed by atoms with Crippen molar-refractivity contribution >= 4 is 11.9 Å². The van der Waals surface area contributed by atoms with Gasteiger partial charge in [-0.15, -0.1) is 0 Å². The lowest BCUT2D eigenvalue weighted by molar-refractivity contribution is -0.263. The molecule has 2 saturated heterocycles. The molecule has 0 spiro atoms. The molecule has 2 aliphatic heterocycles. The molecule has 9 atom stereocenters. The molecule has 138 valence electrons. The highest BCUT2D eigenvalue weighted by molar-refractivity contribution is 5.91. The van der Waals surface area contributed by atoms with Crippen LogP contribution in [0, 0.1) is 11.8 Å². The summed E-state index contributed by atoms with van der Waals surface area (Å²) in [6, 6.07) is 0. The van der Waals surface area contributed by atoms with Crippen molar-refractivity contribution in [1.29, 1.82) is 0 Å². The molecule has 2 saturated carbocycles. The Labute approximate surface area is 144 Å². The lowest BCUT2D eigenvalue weighted by Gasteiger charge is -2.48. The summed E-state index contributed by atoms with van der Waals surface area (Å²) in [5.41, 5.74) is -4.80. The number of epoxide rings is 1. The number of carbonyl (C=O) groups is 2. The minimum atomic E-state index is -2.07. The van der Waals surface area contributed by atoms with E-state index in [2.05, 4.69) is 6.58 Å². The van der Waals surface area contributed by atoms with Gasteiger partial charge in [0.2, 0.25) is 0 Å². The summed E-state index contributed by atoms with van der Waals surface area (Å²) in [6.07, 6.45) is -4.03. The number of esters is 2. The molecule has 4 fully saturated rings. The van der Waals surface area contributed by atoms with Gasteiger partial charge in [0.05, 0.1) is 5.92 Å². The minimum Gasteiger partial charge on any atom is -0.459 e. The molecule has 0 aromatic rings. The lowest BCUT2D eigenvalue weighted by atomic mass is 9.70. The number of aliphatic hydroxyl groups excluding tert-OH is 1. The Morgan fingerprint density at radius 2 is 2.00 bits per heavy atom. The zero-order valence-electron chi connectivity index (χ0n) is 14.3. The first-order valence-corrected chi connectivity index (χ1v) is 8.34. The van der Waals surface area contributed by atoms with Gasteiger partial charge in [0.1, 0.15) is 41.2 Å². The Kier molecular flexibility index (Phi) is 3.13. The third kappa shape index (κ3) is 1.80. The standard InChI is InChI=1S/C17H22O8/c1-6-8-5-9(23-7(2)18)16(4,21)17(22)11(10(8)24-14(6)20)15(3)13(25-15)12(17)19/h8-13,19,21-22H,1,5H2,2-4H3/t8-,9-,10-,11-,12-,13+,15-,16-,17-/m0/s1. The van der Waals surface area contributed by atoms with E-state index in [0.717, 1.165) is 0 Å². The van der Waals surface area contributed by atoms with Crippen molar-refractivity contribution in [3.8, 4) is 0 Å². The molecule has 0 bridgehead atoms. The molecule has 25 heavy (non-hydrogen) atoms. The summed E-state index contributed by atoms with van der Waals surface area (Å²) in [5.74, 6) is -2.68. The van der Waals surface area contributed by atoms with Crippen molar-refractivity contribution in [3.63, 3.8) is 0 Å². The van der Waals surface area contributed by atoms with E-state index in [0.29, 0.717) is 0 Å². The number of hydrogen-bond donors (Lipinski definition) is 3.